The lowest BCUT2D eigenvalue weighted by molar-refractivity contribution is -0.342. The molecule has 17 atom stereocenters. The van der Waals surface area contributed by atoms with E-state index < -0.39 is 77.8 Å². The molecule has 7 aliphatic rings. The molecular formula is C60H100BO17S. The van der Waals surface area contributed by atoms with Crippen molar-refractivity contribution in [2.75, 3.05) is 13.2 Å². The van der Waals surface area contributed by atoms with Gasteiger partial charge in [0.2, 0.25) is 12.9 Å². The van der Waals surface area contributed by atoms with Gasteiger partial charge in [-0.2, -0.15) is 0 Å². The molecule has 79 heavy (non-hydrogen) atoms. The van der Waals surface area contributed by atoms with Gasteiger partial charge in [-0.25, -0.2) is 0 Å². The van der Waals surface area contributed by atoms with Crippen LogP contribution >= 0.6 is 11.9 Å². The number of carbonyl (C=O) groups is 3. The number of fused-ring (bicyclic) bond motifs is 6. The fraction of sp³-hybridized carbons (Fsp3) is 0.883. The predicted molar refractivity (Wildman–Crippen MR) is 301 cm³/mol. The Morgan fingerprint density at radius 2 is 1.65 bits per heavy atom. The van der Waals surface area contributed by atoms with Gasteiger partial charge in [0.25, 0.3) is 0 Å². The van der Waals surface area contributed by atoms with E-state index in [0.29, 0.717) is 62.0 Å². The number of hydrogen-bond acceptors (Lipinski definition) is 17. The lowest BCUT2D eigenvalue weighted by Crippen LogP contribution is -2.62. The van der Waals surface area contributed by atoms with Crippen molar-refractivity contribution in [1.29, 1.82) is 1.34 Å². The van der Waals surface area contributed by atoms with Crippen LogP contribution in [0.2, 0.25) is 0 Å². The Bertz CT molecular complexity index is 1960. The summed E-state index contributed by atoms with van der Waals surface area (Å²) in [7, 11) is 1.08. The van der Waals surface area contributed by atoms with Gasteiger partial charge in [-0.05, 0) is 122 Å². The van der Waals surface area contributed by atoms with Crippen molar-refractivity contribution in [2.24, 2.45) is 23.2 Å². The minimum Gasteiger partial charge on any atom is -0.481 e. The van der Waals surface area contributed by atoms with Crippen LogP contribution in [0.1, 0.15) is 209 Å². The van der Waals surface area contributed by atoms with Gasteiger partial charge in [0.05, 0.1) is 87.1 Å². The maximum Gasteiger partial charge on any atom is 0.308 e. The Labute approximate surface area is 478 Å². The number of carboxylic acids is 1. The van der Waals surface area contributed by atoms with Crippen molar-refractivity contribution in [2.45, 2.75) is 301 Å². The fourth-order valence-electron chi connectivity index (χ4n) is 13.1. The number of allylic oxidation sites excluding steroid dienone is 1. The minimum atomic E-state index is -2.03. The van der Waals surface area contributed by atoms with E-state index in [9.17, 15) is 29.7 Å². The normalized spacial score (nSPS) is 38.5. The Hall–Kier alpha value is -2.14. The second kappa shape index (κ2) is 31.7. The van der Waals surface area contributed by atoms with Gasteiger partial charge in [0.1, 0.15) is 6.10 Å². The van der Waals surface area contributed by atoms with Gasteiger partial charge in [0.15, 0.2) is 18.2 Å². The summed E-state index contributed by atoms with van der Waals surface area (Å²) in [6.07, 6.45) is 16.4. The SMILES string of the molecule is C/C=C1\C[C@H]2C[C@H]([C@@H](C)O)OC(=O)C[C@H](O)C[C@@H]3CCC[C@H](CC4CCO[C@H](/C=C/C(C)(C)[C@](O)(O2)[C@H]1OC(=O)CCCCCC)O4)O3.[3H][B]SO[C@@H](CC(=O)O)C[C@@H]1CCC[C@H](C[C@@H]2CCOC3(C[C@H](C)CC[C@H]3C(C)C)O2)O1. The van der Waals surface area contributed by atoms with E-state index in [1.165, 1.54) is 13.3 Å². The van der Waals surface area contributed by atoms with E-state index in [4.69, 9.17) is 53.3 Å². The lowest BCUT2D eigenvalue weighted by Gasteiger charge is -2.51. The second-order valence-corrected chi connectivity index (χ2v) is 25.2. The third-order valence-electron chi connectivity index (χ3n) is 17.4. The van der Waals surface area contributed by atoms with E-state index >= 15 is 0 Å². The largest absolute Gasteiger partial charge is 0.481 e. The highest BCUT2D eigenvalue weighted by Gasteiger charge is 2.58. The van der Waals surface area contributed by atoms with E-state index in [1.807, 2.05) is 13.0 Å². The highest BCUT2D eigenvalue weighted by atomic mass is 32.2. The summed E-state index contributed by atoms with van der Waals surface area (Å²) in [4.78, 5) is 37.3. The predicted octanol–water partition coefficient (Wildman–Crippen LogP) is 9.79. The number of esters is 2. The zero-order chi connectivity index (χ0) is 58.0. The van der Waals surface area contributed by atoms with Crippen LogP contribution in [0, 0.1) is 23.2 Å². The molecule has 17 nitrogen and oxygen atoms in total. The number of unbranched alkanes of at least 4 members (excludes halogenated alkanes) is 3. The van der Waals surface area contributed by atoms with Crippen molar-refractivity contribution in [3.8, 4) is 0 Å². The molecule has 5 saturated heterocycles. The van der Waals surface area contributed by atoms with Crippen LogP contribution in [-0.2, 0) is 61.2 Å². The van der Waals surface area contributed by atoms with Crippen LogP contribution < -0.4 is 0 Å². The number of aliphatic carboxylic acids is 1. The first-order valence-corrected chi connectivity index (χ1v) is 31.1. The Kier molecular flexibility index (Phi) is 25.8. The summed E-state index contributed by atoms with van der Waals surface area (Å²) in [5.41, 5.74) is -0.462. The van der Waals surface area contributed by atoms with E-state index in [-0.39, 0.29) is 68.7 Å². The van der Waals surface area contributed by atoms with Crippen molar-refractivity contribution < 1.29 is 81.6 Å². The number of aliphatic hydroxyl groups is 3. The molecular weight excluding hydrogens is 1040 g/mol. The molecule has 6 fully saturated rings. The number of carboxylic acid groups (broad SMARTS) is 1. The highest BCUT2D eigenvalue weighted by Crippen LogP contribution is 2.49. The molecule has 1 radical (unpaired) electrons. The van der Waals surface area contributed by atoms with Crippen LogP contribution in [0.15, 0.2) is 23.8 Å². The number of ether oxygens (including phenoxy) is 9. The number of aliphatic hydroxyl groups excluding tert-OH is 2. The van der Waals surface area contributed by atoms with Crippen LogP contribution in [0.5, 0.6) is 0 Å². The molecule has 19 heteroatoms. The van der Waals surface area contributed by atoms with Gasteiger partial charge < -0.3 is 67.2 Å². The molecule has 6 aliphatic heterocycles. The van der Waals surface area contributed by atoms with E-state index in [2.05, 4.69) is 27.7 Å². The van der Waals surface area contributed by atoms with Gasteiger partial charge in [-0.15, -0.1) is 0 Å². The third-order valence-corrected chi connectivity index (χ3v) is 17.8. The first-order chi connectivity index (χ1) is 38.1. The van der Waals surface area contributed by atoms with Crippen LogP contribution in [-0.4, -0.2) is 151 Å². The van der Waals surface area contributed by atoms with Gasteiger partial charge in [-0.1, -0.05) is 91.3 Å². The van der Waals surface area contributed by atoms with Gasteiger partial charge >= 0.3 is 17.9 Å². The molecule has 0 aromatic heterocycles. The van der Waals surface area contributed by atoms with Crippen LogP contribution in [0.25, 0.3) is 0 Å². The van der Waals surface area contributed by atoms with Gasteiger partial charge in [0, 0.05) is 43.4 Å². The van der Waals surface area contributed by atoms with Crippen molar-refractivity contribution in [3.63, 3.8) is 0 Å². The fourth-order valence-corrected chi connectivity index (χ4v) is 13.4. The average molecular weight is 1140 g/mol. The summed E-state index contributed by atoms with van der Waals surface area (Å²) in [6, 6.07) is 0. The zero-order valence-electron chi connectivity index (χ0n) is 49.9. The molecule has 6 bridgehead atoms. The summed E-state index contributed by atoms with van der Waals surface area (Å²) in [6.45, 7) is 17.2. The van der Waals surface area contributed by atoms with Crippen molar-refractivity contribution >= 4 is 36.9 Å². The summed E-state index contributed by atoms with van der Waals surface area (Å²) < 4.78 is 68.9. The highest BCUT2D eigenvalue weighted by molar-refractivity contribution is 8.15. The zero-order valence-corrected chi connectivity index (χ0v) is 49.8. The maximum absolute atomic E-state index is 13.1. The van der Waals surface area contributed by atoms with Crippen molar-refractivity contribution in [1.82, 2.24) is 0 Å². The Balaban J connectivity index is 0.000000280. The molecule has 0 aromatic carbocycles. The number of hydrogen-bond donors (Lipinski definition) is 4. The Morgan fingerprint density at radius 3 is 2.37 bits per heavy atom. The van der Waals surface area contributed by atoms with Crippen LogP contribution in [0.4, 0.5) is 0 Å². The molecule has 4 N–H and O–H groups in total. The smallest absolute Gasteiger partial charge is 0.308 e. The Morgan fingerprint density at radius 1 is 0.899 bits per heavy atom. The average Bonchev–Trinajstić information content (AvgIpc) is 3.47. The number of cyclic esters (lactones) is 1. The molecule has 6 heterocycles. The molecule has 1 aliphatic carbocycles. The standard InChI is InChI=1S/C37H60O11.C23H40BO6S/c1-6-8-9-10-14-32(40)47-35-25(7-2)19-30-23-31(24(3)38)46-33(41)21-26(39)20-27-12-11-13-28(44-27)22-29-16-18-43-34(45-29)15-17-36(4,5)37(35,42)48-30;1-15(2)21-8-7-16(3)14-23(21)27-10-9-19(29-23)11-17-5-4-6-18(28-17)12-20(30-31-24)13-22(25)26/h7,15,17,24,26-31,34-35,38-39,42H,6,8-14,16,18-23H2,1-5H3;15-21,24H,4-14H2,1-3H3,(H,25,26)/b17-15+,25-7+;/t24-,26-,27+,28-,29?,30+,31-,34+,35+,37-;16-,17-,18+,19+,20-,21+,23?/m11/s1/i;24T. The molecule has 7 rings (SSSR count). The first kappa shape index (κ1) is 64.4. The van der Waals surface area contributed by atoms with Crippen molar-refractivity contribution in [3.05, 3.63) is 23.8 Å². The minimum absolute atomic E-state index is 0.0173. The van der Waals surface area contributed by atoms with E-state index in [0.717, 1.165) is 109 Å². The molecule has 0 amide bonds. The molecule has 1 spiro atoms. The summed E-state index contributed by atoms with van der Waals surface area (Å²) in [5, 5.41) is 43.2. The van der Waals surface area contributed by atoms with Crippen LogP contribution in [0.3, 0.4) is 0 Å². The first-order valence-electron chi connectivity index (χ1n) is 30.9. The molecule has 451 valence electrons. The molecule has 0 aromatic rings. The quantitative estimate of drug-likeness (QED) is 0.0350. The lowest BCUT2D eigenvalue weighted by atomic mass is 9.72. The number of carbonyl (C=O) groups excluding carboxylic acids is 2. The molecule has 1 saturated carbocycles. The molecule has 2 unspecified atom stereocenters. The number of rotatable bonds is 17. The summed E-state index contributed by atoms with van der Waals surface area (Å²) >= 11 is 0.880. The third kappa shape index (κ3) is 19.7. The summed E-state index contributed by atoms with van der Waals surface area (Å²) in [5.74, 6) is -2.85. The topological polar surface area (TPSA) is 224 Å². The van der Waals surface area contributed by atoms with E-state index in [1.54, 1.807) is 26.0 Å². The van der Waals surface area contributed by atoms with Gasteiger partial charge in [-0.3, -0.25) is 14.4 Å². The monoisotopic (exact) mass is 1140 g/mol. The second-order valence-electron chi connectivity index (χ2n) is 24.8. The maximum atomic E-state index is 13.1.